The number of nitrogens with zero attached hydrogens (tertiary/aromatic N) is 1. The lowest BCUT2D eigenvalue weighted by Gasteiger charge is -2.18. The minimum Gasteiger partial charge on any atom is -0.496 e. The topological polar surface area (TPSA) is 45.7 Å². The summed E-state index contributed by atoms with van der Waals surface area (Å²) in [6, 6.07) is 7.65. The van der Waals surface area contributed by atoms with Gasteiger partial charge < -0.3 is 15.4 Å². The molecule has 0 saturated carbocycles. The number of nitrogens with one attached hydrogen (secondary N) is 2. The summed E-state index contributed by atoms with van der Waals surface area (Å²) >= 11 is 0. The smallest absolute Gasteiger partial charge is 0.390 e. The van der Waals surface area contributed by atoms with Gasteiger partial charge in [-0.25, -0.2) is 0 Å². The fraction of sp³-hybridized carbons (Fsp3) is 0.533. The molecule has 0 saturated heterocycles. The molecule has 0 aliphatic carbocycles. The maximum atomic E-state index is 12.1. The average Bonchev–Trinajstić information content (AvgIpc) is 2.49. The van der Waals surface area contributed by atoms with E-state index in [9.17, 15) is 13.2 Å². The molecular formula is C15H23F3IN3O. The molecule has 2 N–H and O–H groups in total. The van der Waals surface area contributed by atoms with Gasteiger partial charge >= 0.3 is 6.18 Å². The quantitative estimate of drug-likeness (QED) is 0.400. The molecule has 1 aromatic carbocycles. The largest absolute Gasteiger partial charge is 0.496 e. The van der Waals surface area contributed by atoms with Gasteiger partial charge in [-0.05, 0) is 11.6 Å². The van der Waals surface area contributed by atoms with E-state index in [-0.39, 0.29) is 36.4 Å². The maximum Gasteiger partial charge on any atom is 0.390 e. The third-order valence-electron chi connectivity index (χ3n) is 3.17. The summed E-state index contributed by atoms with van der Waals surface area (Å²) in [7, 11) is 3.13. The molecule has 1 rings (SSSR count). The Morgan fingerprint density at radius 1 is 1.26 bits per heavy atom. The van der Waals surface area contributed by atoms with Gasteiger partial charge in [0.2, 0.25) is 0 Å². The van der Waals surface area contributed by atoms with Crippen molar-refractivity contribution in [3.8, 4) is 5.75 Å². The van der Waals surface area contributed by atoms with E-state index in [4.69, 9.17) is 4.74 Å². The molecule has 0 fully saturated rings. The summed E-state index contributed by atoms with van der Waals surface area (Å²) in [5, 5.41) is 5.67. The van der Waals surface area contributed by atoms with Gasteiger partial charge in [-0.2, -0.15) is 13.2 Å². The third-order valence-corrected chi connectivity index (χ3v) is 3.17. The van der Waals surface area contributed by atoms with Crippen molar-refractivity contribution in [2.45, 2.75) is 25.4 Å². The zero-order valence-electron chi connectivity index (χ0n) is 13.4. The lowest BCUT2D eigenvalue weighted by atomic mass is 10.0. The second-order valence-corrected chi connectivity index (χ2v) is 4.89. The molecule has 23 heavy (non-hydrogen) atoms. The van der Waals surface area contributed by atoms with Crippen LogP contribution < -0.4 is 15.4 Å². The van der Waals surface area contributed by atoms with Gasteiger partial charge in [0.15, 0.2) is 5.96 Å². The molecule has 0 heterocycles. The van der Waals surface area contributed by atoms with E-state index in [2.05, 4.69) is 15.6 Å². The fourth-order valence-electron chi connectivity index (χ4n) is 1.98. The third kappa shape index (κ3) is 8.29. The van der Waals surface area contributed by atoms with Crippen LogP contribution >= 0.6 is 24.0 Å². The fourth-order valence-corrected chi connectivity index (χ4v) is 1.98. The molecule has 8 heteroatoms. The minimum absolute atomic E-state index is 0. The molecule has 4 nitrogen and oxygen atoms in total. The molecule has 132 valence electrons. The Kier molecular flexibility index (Phi) is 10.0. The van der Waals surface area contributed by atoms with E-state index in [1.807, 2.05) is 31.2 Å². The molecule has 0 aliphatic heterocycles. The normalized spacial score (nSPS) is 13.0. The summed E-state index contributed by atoms with van der Waals surface area (Å²) in [6.07, 6.45) is -5.06. The van der Waals surface area contributed by atoms with Gasteiger partial charge in [-0.3, -0.25) is 4.99 Å². The highest BCUT2D eigenvalue weighted by Gasteiger charge is 2.26. The van der Waals surface area contributed by atoms with Gasteiger partial charge in [0.1, 0.15) is 5.75 Å². The van der Waals surface area contributed by atoms with Crippen LogP contribution in [-0.2, 0) is 0 Å². The van der Waals surface area contributed by atoms with E-state index < -0.39 is 12.6 Å². The Balaban J connectivity index is 0.00000484. The predicted octanol–water partition coefficient (Wildman–Crippen LogP) is 3.53. The Hall–Kier alpha value is -1.19. The molecule has 0 aromatic heterocycles. The Morgan fingerprint density at radius 2 is 1.91 bits per heavy atom. The second-order valence-electron chi connectivity index (χ2n) is 4.89. The first-order chi connectivity index (χ1) is 10.4. The van der Waals surface area contributed by atoms with Crippen LogP contribution in [0.4, 0.5) is 13.2 Å². The molecule has 0 aliphatic rings. The number of hydrogen-bond acceptors (Lipinski definition) is 2. The molecule has 0 bridgehead atoms. The molecule has 0 amide bonds. The summed E-state index contributed by atoms with van der Waals surface area (Å²) < 4.78 is 41.6. The summed E-state index contributed by atoms with van der Waals surface area (Å²) in [6.45, 7) is 2.34. The highest BCUT2D eigenvalue weighted by Crippen LogP contribution is 2.25. The zero-order chi connectivity index (χ0) is 16.6. The molecule has 1 atom stereocenters. The van der Waals surface area contributed by atoms with Crippen LogP contribution in [0.3, 0.4) is 0 Å². The van der Waals surface area contributed by atoms with Crippen molar-refractivity contribution in [3.05, 3.63) is 29.8 Å². The Morgan fingerprint density at radius 3 is 2.48 bits per heavy atom. The minimum atomic E-state index is -4.17. The highest BCUT2D eigenvalue weighted by atomic mass is 127. The van der Waals surface area contributed by atoms with Gasteiger partial charge in [0.25, 0.3) is 0 Å². The maximum absolute atomic E-state index is 12.1. The average molecular weight is 445 g/mol. The monoisotopic (exact) mass is 445 g/mol. The summed E-state index contributed by atoms with van der Waals surface area (Å²) in [5.41, 5.74) is 1.03. The van der Waals surface area contributed by atoms with Crippen molar-refractivity contribution in [1.82, 2.24) is 10.6 Å². The SMILES string of the molecule is CN=C(NCCC(F)(F)F)NCC(C)c1ccccc1OC.I. The van der Waals surface area contributed by atoms with Gasteiger partial charge in [0, 0.05) is 26.1 Å². The Bertz CT molecular complexity index is 495. The first-order valence-corrected chi connectivity index (χ1v) is 7.01. The first-order valence-electron chi connectivity index (χ1n) is 7.01. The number of benzene rings is 1. The number of rotatable bonds is 6. The van der Waals surface area contributed by atoms with Crippen LogP contribution in [0.25, 0.3) is 0 Å². The van der Waals surface area contributed by atoms with Crippen LogP contribution in [0.15, 0.2) is 29.3 Å². The summed E-state index contributed by atoms with van der Waals surface area (Å²) in [5.74, 6) is 1.26. The lowest BCUT2D eigenvalue weighted by molar-refractivity contribution is -0.132. The van der Waals surface area contributed by atoms with Crippen molar-refractivity contribution in [2.75, 3.05) is 27.2 Å². The van der Waals surface area contributed by atoms with Crippen molar-refractivity contribution >= 4 is 29.9 Å². The van der Waals surface area contributed by atoms with Crippen LogP contribution in [-0.4, -0.2) is 39.4 Å². The zero-order valence-corrected chi connectivity index (χ0v) is 15.7. The molecule has 1 aromatic rings. The van der Waals surface area contributed by atoms with Crippen molar-refractivity contribution in [1.29, 1.82) is 0 Å². The number of ether oxygens (including phenoxy) is 1. The van der Waals surface area contributed by atoms with Crippen molar-refractivity contribution < 1.29 is 17.9 Å². The first kappa shape index (κ1) is 21.8. The van der Waals surface area contributed by atoms with E-state index >= 15 is 0 Å². The number of guanidine groups is 1. The molecule has 0 radical (unpaired) electrons. The lowest BCUT2D eigenvalue weighted by Crippen LogP contribution is -2.40. The van der Waals surface area contributed by atoms with Crippen LogP contribution in [0, 0.1) is 0 Å². The van der Waals surface area contributed by atoms with Gasteiger partial charge in [-0.1, -0.05) is 25.1 Å². The van der Waals surface area contributed by atoms with Crippen LogP contribution in [0.5, 0.6) is 5.75 Å². The molecular weight excluding hydrogens is 422 g/mol. The standard InChI is InChI=1S/C15H22F3N3O.HI/c1-11(12-6-4-5-7-13(12)22-3)10-21-14(19-2)20-9-8-15(16,17)18;/h4-7,11H,8-10H2,1-3H3,(H2,19,20,21);1H. The number of methoxy groups -OCH3 is 1. The van der Waals surface area contributed by atoms with Crippen LogP contribution in [0.2, 0.25) is 0 Å². The van der Waals surface area contributed by atoms with Crippen LogP contribution in [0.1, 0.15) is 24.8 Å². The highest BCUT2D eigenvalue weighted by molar-refractivity contribution is 14.0. The second kappa shape index (κ2) is 10.6. The van der Waals surface area contributed by atoms with E-state index in [1.165, 1.54) is 7.05 Å². The number of hydrogen-bond donors (Lipinski definition) is 2. The number of halogens is 4. The van der Waals surface area contributed by atoms with E-state index in [0.717, 1.165) is 11.3 Å². The number of aliphatic imine (C=N–C) groups is 1. The number of alkyl halides is 3. The van der Waals surface area contributed by atoms with Gasteiger partial charge in [-0.15, -0.1) is 24.0 Å². The Labute approximate surface area is 151 Å². The molecule has 1 unspecified atom stereocenters. The van der Waals surface area contributed by atoms with Gasteiger partial charge in [0.05, 0.1) is 13.5 Å². The summed E-state index contributed by atoms with van der Waals surface area (Å²) in [4.78, 5) is 3.91. The van der Waals surface area contributed by atoms with Crippen molar-refractivity contribution in [2.24, 2.45) is 4.99 Å². The van der Waals surface area contributed by atoms with E-state index in [0.29, 0.717) is 12.5 Å². The molecule has 0 spiro atoms. The van der Waals surface area contributed by atoms with E-state index in [1.54, 1.807) is 7.11 Å². The predicted molar refractivity (Wildman–Crippen MR) is 96.9 cm³/mol. The van der Waals surface area contributed by atoms with Crippen molar-refractivity contribution in [3.63, 3.8) is 0 Å². The number of para-hydroxylation sites is 1.